The van der Waals surface area contributed by atoms with Crippen molar-refractivity contribution in [2.45, 2.75) is 32.6 Å². The highest BCUT2D eigenvalue weighted by Gasteiger charge is 2.30. The largest absolute Gasteiger partial charge is 0.328 e. The Morgan fingerprint density at radius 2 is 1.97 bits per heavy atom. The van der Waals surface area contributed by atoms with Gasteiger partial charge < -0.3 is 10.2 Å². The van der Waals surface area contributed by atoms with E-state index in [2.05, 4.69) is 10.4 Å². The third-order valence-electron chi connectivity index (χ3n) is 5.53. The number of amides is 2. The quantitative estimate of drug-likeness (QED) is 0.490. The molecule has 0 saturated carbocycles. The van der Waals surface area contributed by atoms with E-state index in [1.54, 1.807) is 30.3 Å². The van der Waals surface area contributed by atoms with Gasteiger partial charge in [-0.05, 0) is 56.0 Å². The van der Waals surface area contributed by atoms with Crippen LogP contribution in [0.5, 0.6) is 0 Å². The molecule has 1 heterocycles. The maximum Gasteiger partial charge on any atom is 0.275 e. The van der Waals surface area contributed by atoms with Gasteiger partial charge in [0.1, 0.15) is 18.0 Å². The summed E-state index contributed by atoms with van der Waals surface area (Å²) in [5.41, 5.74) is 2.67. The number of carbonyl (C=O) groups excluding carboxylic acids is 2. The van der Waals surface area contributed by atoms with Crippen LogP contribution < -0.4 is 5.32 Å². The van der Waals surface area contributed by atoms with E-state index in [-0.39, 0.29) is 24.1 Å². The molecule has 0 atom stereocenters. The van der Waals surface area contributed by atoms with Gasteiger partial charge in [-0.1, -0.05) is 42.3 Å². The Balaban J connectivity index is 1.59. The SMILES string of the molecule is CCCN(CC(=O)Nc1ccc(Cl)cc1Cl)C(=O)c1nn(-c2ccccc2F)c2c1CCC2. The Labute approximate surface area is 201 Å². The summed E-state index contributed by atoms with van der Waals surface area (Å²) in [6, 6.07) is 11.1. The molecular weight excluding hydrogens is 466 g/mol. The maximum absolute atomic E-state index is 14.4. The second-order valence-corrected chi connectivity index (χ2v) is 8.73. The predicted molar refractivity (Wildman–Crippen MR) is 127 cm³/mol. The monoisotopic (exact) mass is 488 g/mol. The van der Waals surface area contributed by atoms with Gasteiger partial charge in [0.25, 0.3) is 5.91 Å². The van der Waals surface area contributed by atoms with Gasteiger partial charge in [0.2, 0.25) is 5.91 Å². The molecule has 0 unspecified atom stereocenters. The molecule has 0 bridgehead atoms. The van der Waals surface area contributed by atoms with Crippen LogP contribution in [0.3, 0.4) is 0 Å². The lowest BCUT2D eigenvalue weighted by Gasteiger charge is -2.21. The standard InChI is InChI=1S/C24H23Cl2FN4O2/c1-2-12-30(14-22(32)28-19-11-10-15(25)13-17(19)26)24(33)23-16-6-5-9-20(16)31(29-23)21-8-4-3-7-18(21)27/h3-4,7-8,10-11,13H,2,5-6,9,12,14H2,1H3,(H,28,32). The highest BCUT2D eigenvalue weighted by molar-refractivity contribution is 6.36. The van der Waals surface area contributed by atoms with E-state index in [0.29, 0.717) is 47.2 Å². The van der Waals surface area contributed by atoms with Crippen LogP contribution in [0, 0.1) is 5.82 Å². The first-order chi connectivity index (χ1) is 15.9. The van der Waals surface area contributed by atoms with Gasteiger partial charge in [-0.25, -0.2) is 9.07 Å². The normalized spacial score (nSPS) is 12.5. The molecule has 1 aromatic heterocycles. The molecule has 1 N–H and O–H groups in total. The fourth-order valence-corrected chi connectivity index (χ4v) is 4.51. The number of halogens is 3. The van der Waals surface area contributed by atoms with Crippen molar-refractivity contribution in [3.8, 4) is 5.69 Å². The number of benzene rings is 2. The number of aromatic nitrogens is 2. The van der Waals surface area contributed by atoms with E-state index in [9.17, 15) is 14.0 Å². The third-order valence-corrected chi connectivity index (χ3v) is 6.08. The van der Waals surface area contributed by atoms with Gasteiger partial charge in [0.05, 0.1) is 10.7 Å². The van der Waals surface area contributed by atoms with Crippen LogP contribution in [0.15, 0.2) is 42.5 Å². The van der Waals surface area contributed by atoms with Crippen LogP contribution >= 0.6 is 23.2 Å². The summed E-state index contributed by atoms with van der Waals surface area (Å²) < 4.78 is 16.0. The lowest BCUT2D eigenvalue weighted by atomic mass is 10.1. The summed E-state index contributed by atoms with van der Waals surface area (Å²) in [4.78, 5) is 27.6. The molecule has 9 heteroatoms. The molecule has 0 aliphatic heterocycles. The molecule has 0 fully saturated rings. The maximum atomic E-state index is 14.4. The number of hydrogen-bond donors (Lipinski definition) is 1. The zero-order valence-corrected chi connectivity index (χ0v) is 19.6. The zero-order valence-electron chi connectivity index (χ0n) is 18.1. The Morgan fingerprint density at radius 3 is 2.70 bits per heavy atom. The first kappa shape index (κ1) is 23.3. The summed E-state index contributed by atoms with van der Waals surface area (Å²) in [6.07, 6.45) is 2.94. The molecule has 2 amide bonds. The second kappa shape index (κ2) is 9.93. The molecular formula is C24H23Cl2FN4O2. The van der Waals surface area contributed by atoms with Crippen molar-refractivity contribution in [1.29, 1.82) is 0 Å². The Hall–Kier alpha value is -2.90. The number of anilines is 1. The molecule has 0 saturated heterocycles. The van der Waals surface area contributed by atoms with Crippen molar-refractivity contribution in [3.05, 3.63) is 75.3 Å². The molecule has 2 aromatic carbocycles. The molecule has 4 rings (SSSR count). The molecule has 1 aliphatic carbocycles. The highest BCUT2D eigenvalue weighted by Crippen LogP contribution is 2.30. The minimum absolute atomic E-state index is 0.160. The van der Waals surface area contributed by atoms with Crippen molar-refractivity contribution in [2.24, 2.45) is 0 Å². The van der Waals surface area contributed by atoms with Gasteiger partial charge >= 0.3 is 0 Å². The third kappa shape index (κ3) is 4.89. The van der Waals surface area contributed by atoms with Crippen molar-refractivity contribution in [1.82, 2.24) is 14.7 Å². The second-order valence-electron chi connectivity index (χ2n) is 7.89. The minimum atomic E-state index is -0.404. The van der Waals surface area contributed by atoms with Crippen LogP contribution in [-0.2, 0) is 17.6 Å². The van der Waals surface area contributed by atoms with Gasteiger partial charge in [-0.15, -0.1) is 0 Å². The Bertz CT molecular complexity index is 1210. The predicted octanol–water partition coefficient (Wildman–Crippen LogP) is 5.30. The first-order valence-corrected chi connectivity index (χ1v) is 11.5. The van der Waals surface area contributed by atoms with E-state index in [1.165, 1.54) is 21.7 Å². The highest BCUT2D eigenvalue weighted by atomic mass is 35.5. The van der Waals surface area contributed by atoms with Crippen LogP contribution in [0.4, 0.5) is 10.1 Å². The molecule has 33 heavy (non-hydrogen) atoms. The number of fused-ring (bicyclic) bond motifs is 1. The van der Waals surface area contributed by atoms with E-state index >= 15 is 0 Å². The van der Waals surface area contributed by atoms with Crippen LogP contribution in [0.2, 0.25) is 10.0 Å². The summed E-state index contributed by atoms with van der Waals surface area (Å²) in [5.74, 6) is -1.13. The summed E-state index contributed by atoms with van der Waals surface area (Å²) in [6.45, 7) is 2.14. The van der Waals surface area contributed by atoms with Crippen LogP contribution in [0.25, 0.3) is 5.69 Å². The van der Waals surface area contributed by atoms with Gasteiger partial charge in [0.15, 0.2) is 5.69 Å². The van der Waals surface area contributed by atoms with Crippen LogP contribution in [-0.4, -0.2) is 39.6 Å². The van der Waals surface area contributed by atoms with E-state index in [1.807, 2.05) is 6.92 Å². The number of carbonyl (C=O) groups is 2. The Kier molecular flexibility index (Phi) is 7.00. The fraction of sp³-hybridized carbons (Fsp3) is 0.292. The molecule has 6 nitrogen and oxygen atoms in total. The topological polar surface area (TPSA) is 67.2 Å². The molecule has 172 valence electrons. The van der Waals surface area contributed by atoms with Gasteiger partial charge in [0, 0.05) is 22.8 Å². The average Bonchev–Trinajstić information content (AvgIpc) is 3.38. The van der Waals surface area contributed by atoms with Crippen molar-refractivity contribution >= 4 is 40.7 Å². The van der Waals surface area contributed by atoms with E-state index < -0.39 is 5.82 Å². The minimum Gasteiger partial charge on any atom is -0.328 e. The number of para-hydroxylation sites is 1. The number of nitrogens with zero attached hydrogens (tertiary/aromatic N) is 3. The van der Waals surface area contributed by atoms with Gasteiger partial charge in [-0.2, -0.15) is 5.10 Å². The summed E-state index contributed by atoms with van der Waals surface area (Å²) >= 11 is 12.1. The van der Waals surface area contributed by atoms with Crippen molar-refractivity contribution in [3.63, 3.8) is 0 Å². The molecule has 0 radical (unpaired) electrons. The smallest absolute Gasteiger partial charge is 0.275 e. The molecule has 0 spiro atoms. The van der Waals surface area contributed by atoms with Crippen LogP contribution in [0.1, 0.15) is 41.5 Å². The lowest BCUT2D eigenvalue weighted by molar-refractivity contribution is -0.116. The zero-order chi connectivity index (χ0) is 23.5. The molecule has 3 aromatic rings. The number of rotatable bonds is 7. The molecule has 1 aliphatic rings. The first-order valence-electron chi connectivity index (χ1n) is 10.8. The summed E-state index contributed by atoms with van der Waals surface area (Å²) in [7, 11) is 0. The average molecular weight is 489 g/mol. The summed E-state index contributed by atoms with van der Waals surface area (Å²) in [5, 5.41) is 7.99. The Morgan fingerprint density at radius 1 is 1.18 bits per heavy atom. The number of nitrogens with one attached hydrogen (secondary N) is 1. The number of hydrogen-bond acceptors (Lipinski definition) is 3. The fourth-order valence-electron chi connectivity index (χ4n) is 4.06. The van der Waals surface area contributed by atoms with Crippen molar-refractivity contribution in [2.75, 3.05) is 18.4 Å². The van der Waals surface area contributed by atoms with E-state index in [0.717, 1.165) is 17.7 Å². The van der Waals surface area contributed by atoms with Gasteiger partial charge in [-0.3, -0.25) is 9.59 Å². The van der Waals surface area contributed by atoms with Crippen molar-refractivity contribution < 1.29 is 14.0 Å². The lowest BCUT2D eigenvalue weighted by Crippen LogP contribution is -2.39. The van der Waals surface area contributed by atoms with E-state index in [4.69, 9.17) is 23.2 Å².